The highest BCUT2D eigenvalue weighted by Crippen LogP contribution is 2.23. The Morgan fingerprint density at radius 2 is 0.633 bits per heavy atom. The summed E-state index contributed by atoms with van der Waals surface area (Å²) in [5.41, 5.74) is 0. The maximum absolute atomic E-state index is 4.13. The van der Waals surface area contributed by atoms with E-state index in [4.69, 9.17) is 0 Å². The maximum atomic E-state index is 4.13. The van der Waals surface area contributed by atoms with Gasteiger partial charge in [-0.3, -0.25) is 0 Å². The van der Waals surface area contributed by atoms with Crippen LogP contribution in [0.5, 0.6) is 0 Å². The summed E-state index contributed by atoms with van der Waals surface area (Å²) < 4.78 is 0. The lowest BCUT2D eigenvalue weighted by Gasteiger charge is -2.16. The molecule has 0 aromatic heterocycles. The van der Waals surface area contributed by atoms with Gasteiger partial charge in [-0.1, -0.05) is 188 Å². The van der Waals surface area contributed by atoms with E-state index in [2.05, 4.69) is 20.8 Å². The molecule has 0 aromatic carbocycles. The van der Waals surface area contributed by atoms with E-state index in [-0.39, 0.29) is 0 Å². The Labute approximate surface area is 193 Å². The van der Waals surface area contributed by atoms with Crippen molar-refractivity contribution in [2.45, 2.75) is 181 Å². The molecule has 0 aliphatic carbocycles. The molecule has 1 radical (unpaired) electrons. The smallest absolute Gasteiger partial charge is 0.0414 e. The van der Waals surface area contributed by atoms with E-state index in [9.17, 15) is 0 Å². The molecule has 0 heteroatoms. The van der Waals surface area contributed by atoms with Crippen molar-refractivity contribution in [3.05, 3.63) is 6.92 Å². The fourth-order valence-corrected chi connectivity index (χ4v) is 4.92. The average Bonchev–Trinajstić information content (AvgIpc) is 2.75. The molecule has 30 heavy (non-hydrogen) atoms. The summed E-state index contributed by atoms with van der Waals surface area (Å²) >= 11 is 0. The van der Waals surface area contributed by atoms with Gasteiger partial charge in [0.15, 0.2) is 0 Å². The van der Waals surface area contributed by atoms with Crippen LogP contribution in [0.3, 0.4) is 0 Å². The van der Waals surface area contributed by atoms with E-state index >= 15 is 0 Å². The molecular formula is C30H61. The Bertz CT molecular complexity index is 256. The normalized spacial score (nSPS) is 11.6. The van der Waals surface area contributed by atoms with Crippen LogP contribution in [-0.4, -0.2) is 0 Å². The topological polar surface area (TPSA) is 0 Å². The van der Waals surface area contributed by atoms with Gasteiger partial charge in [0, 0.05) is 0 Å². The van der Waals surface area contributed by atoms with E-state index in [0.29, 0.717) is 0 Å². The predicted octanol–water partition coefficient (Wildman–Crippen LogP) is 11.6. The third-order valence-corrected chi connectivity index (χ3v) is 7.04. The maximum Gasteiger partial charge on any atom is -0.0414 e. The SMILES string of the molecule is [CH2]CCC(CCCCCCCCCCCCC)CCCCCCCCCCCCC. The standard InChI is InChI=1S/C30H61/c1-4-7-9-11-13-15-17-19-21-23-25-28-30(27-6-3)29-26-24-22-20-18-16-14-12-10-8-5-2/h30H,3-29H2,1-2H3. The molecule has 0 amide bonds. The number of unbranched alkanes of at least 4 members (excludes halogenated alkanes) is 20. The largest absolute Gasteiger partial charge is 0.0654 e. The first kappa shape index (κ1) is 30.0. The van der Waals surface area contributed by atoms with Crippen LogP contribution < -0.4 is 0 Å². The lowest BCUT2D eigenvalue weighted by Crippen LogP contribution is -2.00. The van der Waals surface area contributed by atoms with Gasteiger partial charge in [0.2, 0.25) is 0 Å². The van der Waals surface area contributed by atoms with Crippen molar-refractivity contribution in [2.75, 3.05) is 0 Å². The highest BCUT2D eigenvalue weighted by Gasteiger charge is 2.07. The van der Waals surface area contributed by atoms with Crippen LogP contribution in [0.1, 0.15) is 181 Å². The molecular weight excluding hydrogens is 360 g/mol. The zero-order valence-corrected chi connectivity index (χ0v) is 21.7. The van der Waals surface area contributed by atoms with Crippen LogP contribution >= 0.6 is 0 Å². The van der Waals surface area contributed by atoms with Crippen molar-refractivity contribution >= 4 is 0 Å². The average molecular weight is 422 g/mol. The van der Waals surface area contributed by atoms with Crippen molar-refractivity contribution in [3.63, 3.8) is 0 Å². The Hall–Kier alpha value is 0. The molecule has 0 rings (SSSR count). The summed E-state index contributed by atoms with van der Waals surface area (Å²) in [7, 11) is 0. The van der Waals surface area contributed by atoms with Gasteiger partial charge >= 0.3 is 0 Å². The molecule has 0 saturated carbocycles. The second-order valence-electron chi connectivity index (χ2n) is 10.2. The van der Waals surface area contributed by atoms with Crippen LogP contribution in [0.15, 0.2) is 0 Å². The Kier molecular flexibility index (Phi) is 27.0. The van der Waals surface area contributed by atoms with Gasteiger partial charge in [0.1, 0.15) is 0 Å². The first-order valence-corrected chi connectivity index (χ1v) is 14.6. The molecule has 0 aromatic rings. The minimum Gasteiger partial charge on any atom is -0.0654 e. The van der Waals surface area contributed by atoms with Gasteiger partial charge in [-0.05, 0) is 5.92 Å². The molecule has 181 valence electrons. The lowest BCUT2D eigenvalue weighted by atomic mass is 9.90. The summed E-state index contributed by atoms with van der Waals surface area (Å²) in [6.45, 7) is 8.75. The molecule has 0 bridgehead atoms. The van der Waals surface area contributed by atoms with Gasteiger partial charge in [-0.25, -0.2) is 0 Å². The fourth-order valence-electron chi connectivity index (χ4n) is 4.92. The van der Waals surface area contributed by atoms with Crippen LogP contribution in [0.4, 0.5) is 0 Å². The molecule has 0 N–H and O–H groups in total. The van der Waals surface area contributed by atoms with Gasteiger partial charge in [0.05, 0.1) is 0 Å². The monoisotopic (exact) mass is 421 g/mol. The third kappa shape index (κ3) is 24.3. The zero-order valence-electron chi connectivity index (χ0n) is 21.7. The van der Waals surface area contributed by atoms with Crippen molar-refractivity contribution in [2.24, 2.45) is 5.92 Å². The van der Waals surface area contributed by atoms with Gasteiger partial charge < -0.3 is 0 Å². The quantitative estimate of drug-likeness (QED) is 0.122. The minimum atomic E-state index is 0.972. The summed E-state index contributed by atoms with van der Waals surface area (Å²) in [6.07, 6.45) is 37.6. The number of hydrogen-bond acceptors (Lipinski definition) is 0. The molecule has 0 fully saturated rings. The van der Waals surface area contributed by atoms with Crippen molar-refractivity contribution < 1.29 is 0 Å². The van der Waals surface area contributed by atoms with Crippen molar-refractivity contribution in [1.29, 1.82) is 0 Å². The summed E-state index contributed by atoms with van der Waals surface area (Å²) in [6, 6.07) is 0. The predicted molar refractivity (Wildman–Crippen MR) is 140 cm³/mol. The van der Waals surface area contributed by atoms with Gasteiger partial charge in [-0.15, -0.1) is 0 Å². The first-order chi connectivity index (χ1) is 14.8. The number of hydrogen-bond donors (Lipinski definition) is 0. The van der Waals surface area contributed by atoms with Crippen molar-refractivity contribution in [1.82, 2.24) is 0 Å². The summed E-state index contributed by atoms with van der Waals surface area (Å²) in [4.78, 5) is 0. The van der Waals surface area contributed by atoms with Crippen molar-refractivity contribution in [3.8, 4) is 0 Å². The van der Waals surface area contributed by atoms with E-state index < -0.39 is 0 Å². The minimum absolute atomic E-state index is 0.972. The van der Waals surface area contributed by atoms with Crippen LogP contribution in [0.25, 0.3) is 0 Å². The molecule has 0 nitrogen and oxygen atoms in total. The summed E-state index contributed by atoms with van der Waals surface area (Å²) in [5, 5.41) is 0. The van der Waals surface area contributed by atoms with E-state index in [1.807, 2.05) is 0 Å². The highest BCUT2D eigenvalue weighted by atomic mass is 14.1. The molecule has 0 saturated heterocycles. The molecule has 0 heterocycles. The zero-order chi connectivity index (χ0) is 22.0. The highest BCUT2D eigenvalue weighted by molar-refractivity contribution is 4.62. The first-order valence-electron chi connectivity index (χ1n) is 14.6. The van der Waals surface area contributed by atoms with Gasteiger partial charge in [0.25, 0.3) is 0 Å². The molecule has 0 aliphatic heterocycles. The fraction of sp³-hybridized carbons (Fsp3) is 0.967. The lowest BCUT2D eigenvalue weighted by molar-refractivity contribution is 0.381. The summed E-state index contributed by atoms with van der Waals surface area (Å²) in [5.74, 6) is 0.972. The van der Waals surface area contributed by atoms with Crippen LogP contribution in [0, 0.1) is 12.8 Å². The molecule has 0 aliphatic rings. The van der Waals surface area contributed by atoms with E-state index in [1.165, 1.54) is 161 Å². The second-order valence-corrected chi connectivity index (χ2v) is 10.2. The van der Waals surface area contributed by atoms with E-state index in [0.717, 1.165) is 12.3 Å². The van der Waals surface area contributed by atoms with Crippen LogP contribution in [-0.2, 0) is 0 Å². The van der Waals surface area contributed by atoms with E-state index in [1.54, 1.807) is 0 Å². The van der Waals surface area contributed by atoms with Gasteiger partial charge in [-0.2, -0.15) is 0 Å². The van der Waals surface area contributed by atoms with Crippen LogP contribution in [0.2, 0.25) is 0 Å². The Morgan fingerprint density at radius 3 is 0.900 bits per heavy atom. The molecule has 0 unspecified atom stereocenters. The molecule has 0 spiro atoms. The Balaban J connectivity index is 3.40. The number of rotatable bonds is 26. The third-order valence-electron chi connectivity index (χ3n) is 7.04. The Morgan fingerprint density at radius 1 is 0.367 bits per heavy atom. The molecule has 0 atom stereocenters. The second kappa shape index (κ2) is 27.0.